The fourth-order valence-corrected chi connectivity index (χ4v) is 10.1. The van der Waals surface area contributed by atoms with E-state index < -0.39 is 134 Å². The SMILES string of the molecule is CCCC1=CC[C@@H](N)[C@@H](O[C@H]2[C@H](O)[C@@H](O[C@H]3OC[C@](C)(O)[C@H](NC)[C@H]3O)[C@H](N)C[C@@H]2N)O1.CN[C@@H]1[C@@H](O)[C@@H](O[C@@H]2[C@@H](O)[C@H](O[C@H]3OC(CN)=CC[C@H]3N)[C@@H](N)C[C@H]2N)OC[C@]1(C)O.Cn1nnc2ccccc21. The van der Waals surface area contributed by atoms with Gasteiger partial charge in [0.1, 0.15) is 71.3 Å². The summed E-state index contributed by atoms with van der Waals surface area (Å²) < 4.78 is 48.3. The maximum atomic E-state index is 11.1. The van der Waals surface area contributed by atoms with Crippen LogP contribution in [0.4, 0.5) is 0 Å². The summed E-state index contributed by atoms with van der Waals surface area (Å²) in [6.07, 6.45) is -4.95. The van der Waals surface area contributed by atoms with Crippen molar-refractivity contribution >= 4 is 11.0 Å². The van der Waals surface area contributed by atoms with Gasteiger partial charge in [-0.3, -0.25) is 0 Å². The molecule has 0 unspecified atom stereocenters. The molecular formula is C47H84N12O14. The highest BCUT2D eigenvalue weighted by molar-refractivity contribution is 5.73. The molecule has 2 aromatic rings. The Bertz CT molecular complexity index is 2090. The van der Waals surface area contributed by atoms with E-state index in [0.29, 0.717) is 31.4 Å². The summed E-state index contributed by atoms with van der Waals surface area (Å²) >= 11 is 0. The van der Waals surface area contributed by atoms with Gasteiger partial charge in [-0.25, -0.2) is 4.68 Å². The van der Waals surface area contributed by atoms with Crippen molar-refractivity contribution in [1.82, 2.24) is 25.6 Å². The van der Waals surface area contributed by atoms with Crippen molar-refractivity contribution in [3.63, 3.8) is 0 Å². The fourth-order valence-electron chi connectivity index (χ4n) is 10.1. The number of fused-ring (bicyclic) bond motifs is 1. The Hall–Kier alpha value is -3.14. The summed E-state index contributed by atoms with van der Waals surface area (Å²) in [4.78, 5) is 0. The second kappa shape index (κ2) is 25.8. The van der Waals surface area contributed by atoms with Crippen molar-refractivity contribution < 1.29 is 68.5 Å². The number of rotatable bonds is 13. The third kappa shape index (κ3) is 14.1. The minimum atomic E-state index is -1.29. The van der Waals surface area contributed by atoms with Crippen molar-refractivity contribution in [1.29, 1.82) is 0 Å². The van der Waals surface area contributed by atoms with Gasteiger partial charge >= 0.3 is 0 Å². The van der Waals surface area contributed by atoms with Crippen LogP contribution in [0.2, 0.25) is 0 Å². The zero-order chi connectivity index (χ0) is 53.5. The second-order valence-electron chi connectivity index (χ2n) is 20.4. The van der Waals surface area contributed by atoms with Crippen molar-refractivity contribution in [2.24, 2.45) is 47.2 Å². The summed E-state index contributed by atoms with van der Waals surface area (Å²) in [5, 5.41) is 77.8. The first-order chi connectivity index (χ1) is 34.5. The molecule has 22 N–H and O–H groups in total. The van der Waals surface area contributed by atoms with Gasteiger partial charge in [0.25, 0.3) is 0 Å². The van der Waals surface area contributed by atoms with Gasteiger partial charge < -0.3 is 119 Å². The number of nitrogens with one attached hydrogen (secondary N) is 2. The molecule has 6 aliphatic rings. The second-order valence-corrected chi connectivity index (χ2v) is 20.4. The predicted octanol–water partition coefficient (Wildman–Crippen LogP) is -4.89. The largest absolute Gasteiger partial charge is 0.468 e. The summed E-state index contributed by atoms with van der Waals surface area (Å²) in [6.45, 7) is 5.24. The molecule has 2 saturated heterocycles. The van der Waals surface area contributed by atoms with Crippen LogP contribution in [0.1, 0.15) is 59.3 Å². The predicted molar refractivity (Wildman–Crippen MR) is 265 cm³/mol. The Balaban J connectivity index is 0.000000199. The number of nitrogens with two attached hydrogens (primary N) is 7. The number of hydrogen-bond donors (Lipinski definition) is 15. The number of aliphatic hydroxyl groups is 6. The van der Waals surface area contributed by atoms with Crippen LogP contribution >= 0.6 is 0 Å². The molecule has 26 heteroatoms. The number of nitrogens with zero attached hydrogens (tertiary/aromatic N) is 3. The summed E-state index contributed by atoms with van der Waals surface area (Å²) in [5.74, 6) is 1.37. The fraction of sp³-hybridized carbons (Fsp3) is 0.787. The first-order valence-electron chi connectivity index (χ1n) is 25.1. The zero-order valence-electron chi connectivity index (χ0n) is 42.7. The minimum absolute atomic E-state index is 0.0605. The van der Waals surface area contributed by atoms with Gasteiger partial charge in [0.15, 0.2) is 12.6 Å². The molecular weight excluding hydrogens is 957 g/mol. The standard InChI is InChI=1S/C21H40N4O7.C19H37N5O7.C7H7N3/c1-4-5-10-6-7-11(22)19(30-10)31-16-12(23)8-13(24)17(14(16)26)32-20-15(27)18(25-3)21(2,28)9-29-20;1-19(27)7-28-18(13(26)16(19)24-2)31-15-11(23)5-10(22)14(12(15)25)30-17-9(21)4-3-8(6-20)29-17;1-10-7-5-3-2-4-6(7)8-9-10/h6,11-20,25-28H,4-5,7-9,22-24H2,1-3H3;3,9-18,24-27H,4-7,20-23H2,1-2H3;2-5H,1H3/t11-,12+,13-,14+,15-,16-,17+,18-,19-,20-,21+;9-,10+,11-,12+,13-,14-,15+,16-,17-,18-,19+;/m11./s1. The maximum Gasteiger partial charge on any atom is 0.215 e. The molecule has 0 spiro atoms. The van der Waals surface area contributed by atoms with E-state index in [2.05, 4.69) is 27.9 Å². The molecule has 1 aromatic carbocycles. The Morgan fingerprint density at radius 3 is 1.47 bits per heavy atom. The summed E-state index contributed by atoms with van der Waals surface area (Å²) in [6, 6.07) is 3.26. The number of ether oxygens (including phenoxy) is 8. The lowest BCUT2D eigenvalue weighted by molar-refractivity contribution is -0.303. The third-order valence-corrected chi connectivity index (χ3v) is 14.3. The molecule has 73 heavy (non-hydrogen) atoms. The molecule has 5 heterocycles. The molecule has 416 valence electrons. The van der Waals surface area contributed by atoms with Crippen molar-refractivity contribution in [3.05, 3.63) is 47.9 Å². The molecule has 4 aliphatic heterocycles. The van der Waals surface area contributed by atoms with Crippen molar-refractivity contribution in [2.75, 3.05) is 33.9 Å². The quantitative estimate of drug-likeness (QED) is 0.0894. The zero-order valence-corrected chi connectivity index (χ0v) is 42.7. The molecule has 2 aliphatic carbocycles. The van der Waals surface area contributed by atoms with E-state index in [0.717, 1.165) is 29.6 Å². The number of hydrogen-bond acceptors (Lipinski definition) is 25. The van der Waals surface area contributed by atoms with Gasteiger partial charge in [0.05, 0.1) is 55.2 Å². The molecule has 4 fully saturated rings. The maximum absolute atomic E-state index is 11.1. The van der Waals surface area contributed by atoms with E-state index >= 15 is 0 Å². The van der Waals surface area contributed by atoms with Gasteiger partial charge in [-0.1, -0.05) is 24.3 Å². The van der Waals surface area contributed by atoms with Crippen molar-refractivity contribution in [3.8, 4) is 0 Å². The topological polar surface area (TPSA) is 432 Å². The van der Waals surface area contributed by atoms with E-state index in [1.165, 1.54) is 0 Å². The van der Waals surface area contributed by atoms with E-state index in [9.17, 15) is 30.6 Å². The Labute approximate surface area is 426 Å². The van der Waals surface area contributed by atoms with E-state index in [4.69, 9.17) is 78.0 Å². The molecule has 26 nitrogen and oxygen atoms in total. The number of para-hydroxylation sites is 1. The highest BCUT2D eigenvalue weighted by Crippen LogP contribution is 2.34. The lowest BCUT2D eigenvalue weighted by atomic mass is 9.84. The van der Waals surface area contributed by atoms with E-state index in [1.54, 1.807) is 38.7 Å². The molecule has 22 atom stereocenters. The smallest absolute Gasteiger partial charge is 0.215 e. The number of aromatic nitrogens is 3. The monoisotopic (exact) mass is 1040 g/mol. The van der Waals surface area contributed by atoms with Crippen LogP contribution in [0.3, 0.4) is 0 Å². The van der Waals surface area contributed by atoms with Crippen LogP contribution in [-0.4, -0.2) is 213 Å². The van der Waals surface area contributed by atoms with E-state index in [-0.39, 0.29) is 19.8 Å². The van der Waals surface area contributed by atoms with Crippen LogP contribution in [0.5, 0.6) is 0 Å². The number of aliphatic hydroxyl groups excluding tert-OH is 4. The van der Waals surface area contributed by atoms with Crippen LogP contribution in [0.25, 0.3) is 11.0 Å². The van der Waals surface area contributed by atoms with Gasteiger partial charge in [-0.05, 0) is 84.3 Å². The Morgan fingerprint density at radius 2 is 1.05 bits per heavy atom. The van der Waals surface area contributed by atoms with E-state index in [1.807, 2.05) is 37.4 Å². The highest BCUT2D eigenvalue weighted by Gasteiger charge is 2.53. The number of allylic oxidation sites excluding steroid dienone is 1. The molecule has 2 saturated carbocycles. The molecule has 0 bridgehead atoms. The summed E-state index contributed by atoms with van der Waals surface area (Å²) in [7, 11) is 5.13. The average Bonchev–Trinajstić information content (AvgIpc) is 3.72. The summed E-state index contributed by atoms with van der Waals surface area (Å²) in [5.41, 5.74) is 42.3. The minimum Gasteiger partial charge on any atom is -0.468 e. The highest BCUT2D eigenvalue weighted by atomic mass is 16.7. The Morgan fingerprint density at radius 1 is 0.644 bits per heavy atom. The molecule has 0 radical (unpaired) electrons. The van der Waals surface area contributed by atoms with Gasteiger partial charge in [-0.2, -0.15) is 0 Å². The van der Waals surface area contributed by atoms with Gasteiger partial charge in [0, 0.05) is 37.6 Å². The van der Waals surface area contributed by atoms with Crippen LogP contribution < -0.4 is 50.8 Å². The van der Waals surface area contributed by atoms with Gasteiger partial charge in [-0.15, -0.1) is 5.10 Å². The lowest BCUT2D eigenvalue weighted by Crippen LogP contribution is -2.68. The molecule has 1 aromatic heterocycles. The van der Waals surface area contributed by atoms with Crippen LogP contribution in [0.15, 0.2) is 47.9 Å². The van der Waals surface area contributed by atoms with Gasteiger partial charge in [0.2, 0.25) is 12.6 Å². The number of benzene rings is 1. The molecule has 0 amide bonds. The first-order valence-corrected chi connectivity index (χ1v) is 25.1. The Kier molecular flexibility index (Phi) is 20.9. The normalized spacial score (nSPS) is 43.0. The van der Waals surface area contributed by atoms with Crippen LogP contribution in [-0.2, 0) is 44.9 Å². The average molecular weight is 1040 g/mol. The third-order valence-electron chi connectivity index (χ3n) is 14.3. The van der Waals surface area contributed by atoms with Crippen molar-refractivity contribution in [2.45, 2.75) is 193 Å². The van der Waals surface area contributed by atoms with Crippen LogP contribution in [0, 0.1) is 0 Å². The lowest BCUT2D eigenvalue weighted by Gasteiger charge is -2.48. The number of likely N-dealkylation sites (N-methyl/N-ethyl adjacent to an activating group) is 2. The number of aryl methyl sites for hydroxylation is 1. The molecule has 8 rings (SSSR count). The first kappa shape index (κ1) is 59.1.